The number of aliphatic carboxylic acids is 1. The molecule has 262 valence electrons. The van der Waals surface area contributed by atoms with Gasteiger partial charge in [0.2, 0.25) is 5.91 Å². The number of rotatable bonds is 10. The fraction of sp³-hybridized carbons (Fsp3) is 0.282. The standard InChI is InChI=1S/C39H36N2O10/c1-48-22-23-50-38(47)40-29-15-9-8-14-28(29)39(37(40)46)30(35(43)44)32-36(45)51-33(25-12-6-3-7-13-25)31(24-10-4-2-5-11-24)41(32)34(39)26-16-18-27(19-17-26)49-21-20-42/h2-19,30-34,42H,20-23H2,1H3,(H,43,44). The molecule has 2 fully saturated rings. The van der Waals surface area contributed by atoms with Crippen LogP contribution in [0.4, 0.5) is 10.5 Å². The van der Waals surface area contributed by atoms with E-state index >= 15 is 4.79 Å². The molecule has 6 unspecified atom stereocenters. The van der Waals surface area contributed by atoms with Gasteiger partial charge in [-0.05, 0) is 40.5 Å². The summed E-state index contributed by atoms with van der Waals surface area (Å²) in [6, 6.07) is 28.4. The lowest BCUT2D eigenvalue weighted by Crippen LogP contribution is -2.53. The van der Waals surface area contributed by atoms with E-state index in [4.69, 9.17) is 18.9 Å². The third kappa shape index (κ3) is 5.52. The van der Waals surface area contributed by atoms with Gasteiger partial charge in [0.15, 0.2) is 0 Å². The molecule has 0 saturated carbocycles. The van der Waals surface area contributed by atoms with Gasteiger partial charge in [-0.2, -0.15) is 0 Å². The topological polar surface area (TPSA) is 152 Å². The van der Waals surface area contributed by atoms with E-state index in [1.54, 1.807) is 53.4 Å². The molecule has 4 aromatic carbocycles. The van der Waals surface area contributed by atoms with Crippen LogP contribution in [0.3, 0.4) is 0 Å². The van der Waals surface area contributed by atoms with Crippen LogP contribution >= 0.6 is 0 Å². The number of aliphatic hydroxyl groups is 1. The quantitative estimate of drug-likeness (QED) is 0.177. The molecule has 12 nitrogen and oxygen atoms in total. The van der Waals surface area contributed by atoms with Gasteiger partial charge in [-0.3, -0.25) is 19.3 Å². The first-order valence-corrected chi connectivity index (χ1v) is 16.6. The van der Waals surface area contributed by atoms with Gasteiger partial charge in [-0.15, -0.1) is 0 Å². The van der Waals surface area contributed by atoms with Crippen LogP contribution in [0.1, 0.15) is 40.4 Å². The minimum atomic E-state index is -2.02. The average molecular weight is 693 g/mol. The minimum Gasteiger partial charge on any atom is -0.491 e. The van der Waals surface area contributed by atoms with Crippen molar-refractivity contribution in [3.05, 3.63) is 131 Å². The molecule has 3 heterocycles. The van der Waals surface area contributed by atoms with Crippen molar-refractivity contribution in [3.63, 3.8) is 0 Å². The van der Waals surface area contributed by atoms with Crippen molar-refractivity contribution in [2.45, 2.75) is 29.6 Å². The molecule has 2 saturated heterocycles. The maximum atomic E-state index is 15.3. The van der Waals surface area contributed by atoms with Crippen molar-refractivity contribution in [2.24, 2.45) is 5.92 Å². The zero-order valence-corrected chi connectivity index (χ0v) is 27.7. The van der Waals surface area contributed by atoms with E-state index in [1.165, 1.54) is 7.11 Å². The van der Waals surface area contributed by atoms with Gasteiger partial charge in [0.05, 0.1) is 31.0 Å². The van der Waals surface area contributed by atoms with Crippen molar-refractivity contribution in [1.82, 2.24) is 4.90 Å². The monoisotopic (exact) mass is 692 g/mol. The Morgan fingerprint density at radius 3 is 2.08 bits per heavy atom. The van der Waals surface area contributed by atoms with E-state index in [0.29, 0.717) is 16.9 Å². The first kappa shape index (κ1) is 33.9. The number of ether oxygens (including phenoxy) is 4. The molecule has 0 radical (unpaired) electrons. The number of benzene rings is 4. The minimum absolute atomic E-state index is 0.0503. The number of esters is 1. The largest absolute Gasteiger partial charge is 0.491 e. The highest BCUT2D eigenvalue weighted by atomic mass is 16.6. The number of carbonyl (C=O) groups excluding carboxylic acids is 3. The molecule has 0 aromatic heterocycles. The van der Waals surface area contributed by atoms with E-state index < -0.39 is 59.5 Å². The van der Waals surface area contributed by atoms with E-state index in [1.807, 2.05) is 60.7 Å². The molecule has 1 spiro atoms. The molecule has 6 atom stereocenters. The number of nitrogens with zero attached hydrogens (tertiary/aromatic N) is 2. The highest BCUT2D eigenvalue weighted by Gasteiger charge is 2.76. The summed E-state index contributed by atoms with van der Waals surface area (Å²) in [5.41, 5.74) is 0.320. The van der Waals surface area contributed by atoms with Crippen molar-refractivity contribution < 1.29 is 48.3 Å². The van der Waals surface area contributed by atoms with Gasteiger partial charge in [0, 0.05) is 7.11 Å². The van der Waals surface area contributed by atoms with Crippen molar-refractivity contribution in [2.75, 3.05) is 38.4 Å². The van der Waals surface area contributed by atoms with Crippen LogP contribution in [0.25, 0.3) is 0 Å². The van der Waals surface area contributed by atoms with Crippen molar-refractivity contribution >= 4 is 29.6 Å². The van der Waals surface area contributed by atoms with E-state index in [2.05, 4.69) is 0 Å². The lowest BCUT2D eigenvalue weighted by molar-refractivity contribution is -0.179. The number of fused-ring (bicyclic) bond motifs is 3. The number of hydrogen-bond donors (Lipinski definition) is 2. The Bertz CT molecular complexity index is 1920. The lowest BCUT2D eigenvalue weighted by atomic mass is 9.65. The molecule has 12 heteroatoms. The number of carbonyl (C=O) groups is 4. The molecule has 4 aromatic rings. The number of methoxy groups -OCH3 is 1. The fourth-order valence-corrected chi connectivity index (χ4v) is 8.01. The Hall–Kier alpha value is -5.56. The molecule has 2 amide bonds. The number of carboxylic acids is 1. The van der Waals surface area contributed by atoms with Gasteiger partial charge in [-0.25, -0.2) is 9.69 Å². The number of amides is 2. The second-order valence-electron chi connectivity index (χ2n) is 12.5. The van der Waals surface area contributed by atoms with Crippen molar-refractivity contribution in [1.29, 1.82) is 0 Å². The van der Waals surface area contributed by atoms with Crippen LogP contribution in [-0.4, -0.2) is 78.6 Å². The maximum Gasteiger partial charge on any atom is 0.421 e. The normalized spacial score (nSPS) is 25.3. The molecule has 3 aliphatic heterocycles. The predicted molar refractivity (Wildman–Crippen MR) is 182 cm³/mol. The van der Waals surface area contributed by atoms with Gasteiger partial charge < -0.3 is 29.2 Å². The summed E-state index contributed by atoms with van der Waals surface area (Å²) in [6.07, 6.45) is -1.88. The summed E-state index contributed by atoms with van der Waals surface area (Å²) in [6.45, 7) is -0.223. The second kappa shape index (κ2) is 14.0. The van der Waals surface area contributed by atoms with Crippen LogP contribution in [0.2, 0.25) is 0 Å². The molecule has 2 N–H and O–H groups in total. The van der Waals surface area contributed by atoms with Crippen LogP contribution in [0.15, 0.2) is 109 Å². The van der Waals surface area contributed by atoms with Gasteiger partial charge >= 0.3 is 18.0 Å². The summed E-state index contributed by atoms with van der Waals surface area (Å²) in [7, 11) is 1.45. The highest BCUT2D eigenvalue weighted by molar-refractivity contribution is 6.23. The molecule has 0 aliphatic carbocycles. The summed E-state index contributed by atoms with van der Waals surface area (Å²) in [5, 5.41) is 20.5. The molecule has 0 bridgehead atoms. The SMILES string of the molecule is COCCOC(=O)N1C(=O)C2(c3ccccc31)C(C(=O)O)C1C(=O)OC(c3ccccc3)C(c3ccccc3)N1C2c1ccc(OCCO)cc1. The summed E-state index contributed by atoms with van der Waals surface area (Å²) in [5.74, 6) is -4.31. The Kier molecular flexibility index (Phi) is 9.30. The fourth-order valence-electron chi connectivity index (χ4n) is 8.01. The highest BCUT2D eigenvalue weighted by Crippen LogP contribution is 2.65. The molecule has 51 heavy (non-hydrogen) atoms. The van der Waals surface area contributed by atoms with Crippen LogP contribution in [0, 0.1) is 5.92 Å². The smallest absolute Gasteiger partial charge is 0.421 e. The number of carboxylic acid groups (broad SMARTS) is 1. The number of imide groups is 1. The Labute approximate surface area is 293 Å². The van der Waals surface area contributed by atoms with Crippen LogP contribution in [0.5, 0.6) is 5.75 Å². The first-order chi connectivity index (χ1) is 24.8. The predicted octanol–water partition coefficient (Wildman–Crippen LogP) is 4.59. The molecular formula is C39H36N2O10. The maximum absolute atomic E-state index is 15.3. The zero-order valence-electron chi connectivity index (χ0n) is 27.7. The summed E-state index contributed by atoms with van der Waals surface area (Å²) < 4.78 is 22.3. The van der Waals surface area contributed by atoms with Gasteiger partial charge in [-0.1, -0.05) is 91.0 Å². The lowest BCUT2D eigenvalue weighted by Gasteiger charge is -2.46. The second-order valence-corrected chi connectivity index (χ2v) is 12.5. The molecule has 3 aliphatic rings. The average Bonchev–Trinajstić information content (AvgIpc) is 3.61. The molecular weight excluding hydrogens is 656 g/mol. The Balaban J connectivity index is 1.51. The number of aliphatic hydroxyl groups excluding tert-OH is 1. The summed E-state index contributed by atoms with van der Waals surface area (Å²) in [4.78, 5) is 59.9. The van der Waals surface area contributed by atoms with E-state index in [0.717, 1.165) is 10.5 Å². The summed E-state index contributed by atoms with van der Waals surface area (Å²) >= 11 is 0. The van der Waals surface area contributed by atoms with E-state index in [-0.39, 0.29) is 37.7 Å². The first-order valence-electron chi connectivity index (χ1n) is 16.6. The number of hydrogen-bond acceptors (Lipinski definition) is 10. The number of morpholine rings is 1. The van der Waals surface area contributed by atoms with Crippen molar-refractivity contribution in [3.8, 4) is 5.75 Å². The number of para-hydroxylation sites is 1. The Morgan fingerprint density at radius 2 is 1.43 bits per heavy atom. The Morgan fingerprint density at radius 1 is 0.784 bits per heavy atom. The number of anilines is 1. The van der Waals surface area contributed by atoms with Gasteiger partial charge in [0.1, 0.15) is 42.4 Å². The third-order valence-corrected chi connectivity index (χ3v) is 9.88. The third-order valence-electron chi connectivity index (χ3n) is 9.88. The van der Waals surface area contributed by atoms with Crippen LogP contribution in [-0.2, 0) is 34.0 Å². The zero-order chi connectivity index (χ0) is 35.7. The number of cyclic esters (lactones) is 1. The molecule has 7 rings (SSSR count). The van der Waals surface area contributed by atoms with Gasteiger partial charge in [0.25, 0.3) is 0 Å². The van der Waals surface area contributed by atoms with E-state index in [9.17, 15) is 24.6 Å². The van der Waals surface area contributed by atoms with Crippen LogP contribution < -0.4 is 9.64 Å².